The molecule has 2 aromatic carbocycles. The van der Waals surface area contributed by atoms with Crippen LogP contribution in [0, 0.1) is 11.7 Å². The van der Waals surface area contributed by atoms with Crippen molar-refractivity contribution in [1.29, 1.82) is 0 Å². The van der Waals surface area contributed by atoms with E-state index in [2.05, 4.69) is 5.32 Å². The average molecular weight is 490 g/mol. The Morgan fingerprint density at radius 1 is 1.09 bits per heavy atom. The van der Waals surface area contributed by atoms with Gasteiger partial charge in [0.2, 0.25) is 11.8 Å². The Labute approximate surface area is 201 Å². The van der Waals surface area contributed by atoms with Gasteiger partial charge in [-0.05, 0) is 55.3 Å². The predicted octanol–water partition coefficient (Wildman–Crippen LogP) is 3.70. The molecule has 1 aliphatic carbocycles. The summed E-state index contributed by atoms with van der Waals surface area (Å²) < 4.78 is 24.3. The summed E-state index contributed by atoms with van der Waals surface area (Å²) >= 11 is 6.11. The van der Waals surface area contributed by atoms with Crippen LogP contribution >= 0.6 is 11.6 Å². The van der Waals surface area contributed by atoms with E-state index in [1.165, 1.54) is 35.2 Å². The highest BCUT2D eigenvalue weighted by Gasteiger charge is 2.52. The lowest BCUT2D eigenvalue weighted by molar-refractivity contribution is -0.139. The lowest BCUT2D eigenvalue weighted by Crippen LogP contribution is -2.66. The number of benzene rings is 2. The maximum absolute atomic E-state index is 13.6. The Morgan fingerprint density at radius 3 is 2.41 bits per heavy atom. The first-order valence-corrected chi connectivity index (χ1v) is 11.2. The van der Waals surface area contributed by atoms with Gasteiger partial charge >= 0.3 is 6.03 Å². The zero-order valence-corrected chi connectivity index (χ0v) is 19.5. The number of nitrogens with one attached hydrogen (secondary N) is 1. The Kier molecular flexibility index (Phi) is 7.16. The standard InChI is InChI=1S/C24H25ClFN3O5/c1-33-20-11-18-19(12-21(20)34-2)28(13-22(30)27-16-8-6-15(26)7-9-16)24(32)29(23(18)31)17-5-3-4-14(25)10-17/h3-10,18-21H,11-13H2,1-2H3,(H,27,30). The molecule has 10 heteroatoms. The number of rotatable bonds is 6. The van der Waals surface area contributed by atoms with Crippen LogP contribution in [-0.4, -0.2) is 61.8 Å². The third kappa shape index (κ3) is 4.77. The summed E-state index contributed by atoms with van der Waals surface area (Å²) in [7, 11) is 3.10. The van der Waals surface area contributed by atoms with Crippen molar-refractivity contribution in [3.05, 3.63) is 59.4 Å². The van der Waals surface area contributed by atoms with Crippen molar-refractivity contribution in [1.82, 2.24) is 4.90 Å². The molecule has 8 nitrogen and oxygen atoms in total. The maximum atomic E-state index is 13.6. The fraction of sp³-hybridized carbons (Fsp3) is 0.375. The summed E-state index contributed by atoms with van der Waals surface area (Å²) in [5, 5.41) is 3.05. The molecule has 1 saturated heterocycles. The Morgan fingerprint density at radius 2 is 1.76 bits per heavy atom. The smallest absolute Gasteiger partial charge is 0.332 e. The number of imide groups is 1. The van der Waals surface area contributed by atoms with Crippen LogP contribution in [0.15, 0.2) is 48.5 Å². The fourth-order valence-electron chi connectivity index (χ4n) is 4.68. The van der Waals surface area contributed by atoms with Gasteiger partial charge < -0.3 is 19.7 Å². The second kappa shape index (κ2) is 10.1. The van der Waals surface area contributed by atoms with Crippen LogP contribution in [0.1, 0.15) is 12.8 Å². The number of amides is 4. The van der Waals surface area contributed by atoms with E-state index in [9.17, 15) is 18.8 Å². The third-order valence-corrected chi connectivity index (χ3v) is 6.56. The zero-order chi connectivity index (χ0) is 24.4. The van der Waals surface area contributed by atoms with E-state index in [0.717, 1.165) is 4.90 Å². The number of fused-ring (bicyclic) bond motifs is 1. The van der Waals surface area contributed by atoms with Crippen molar-refractivity contribution in [3.8, 4) is 0 Å². The molecule has 1 saturated carbocycles. The summed E-state index contributed by atoms with van der Waals surface area (Å²) in [6, 6.07) is 10.6. The minimum Gasteiger partial charge on any atom is -0.379 e. The van der Waals surface area contributed by atoms with Crippen LogP contribution in [0.25, 0.3) is 0 Å². The lowest BCUT2D eigenvalue weighted by Gasteiger charge is -2.49. The minimum atomic E-state index is -0.617. The summed E-state index contributed by atoms with van der Waals surface area (Å²) in [6.07, 6.45) is -0.00438. The topological polar surface area (TPSA) is 88.2 Å². The number of halogens is 2. The SMILES string of the molecule is COC1CC2C(=O)N(c3cccc(Cl)c3)C(=O)N(CC(=O)Nc3ccc(F)cc3)C2CC1OC. The second-order valence-electron chi connectivity index (χ2n) is 8.31. The first kappa shape index (κ1) is 24.1. The summed E-state index contributed by atoms with van der Waals surface area (Å²) in [4.78, 5) is 42.4. The molecule has 4 unspecified atom stereocenters. The van der Waals surface area contributed by atoms with Gasteiger partial charge in [-0.1, -0.05) is 17.7 Å². The molecule has 0 bridgehead atoms. The maximum Gasteiger partial charge on any atom is 0.332 e. The van der Waals surface area contributed by atoms with E-state index in [4.69, 9.17) is 21.1 Å². The van der Waals surface area contributed by atoms with Gasteiger partial charge in [0, 0.05) is 31.0 Å². The van der Waals surface area contributed by atoms with E-state index >= 15 is 0 Å². The second-order valence-corrected chi connectivity index (χ2v) is 8.75. The molecule has 1 aliphatic heterocycles. The minimum absolute atomic E-state index is 0.296. The highest BCUT2D eigenvalue weighted by molar-refractivity contribution is 6.31. The van der Waals surface area contributed by atoms with Crippen LogP contribution in [0.4, 0.5) is 20.6 Å². The number of hydrogen-bond donors (Lipinski definition) is 1. The van der Waals surface area contributed by atoms with Crippen molar-refractivity contribution in [2.24, 2.45) is 5.92 Å². The molecular weight excluding hydrogens is 465 g/mol. The van der Waals surface area contributed by atoms with Crippen LogP contribution in [0.2, 0.25) is 5.02 Å². The van der Waals surface area contributed by atoms with Crippen LogP contribution in [0.3, 0.4) is 0 Å². The summed E-state index contributed by atoms with van der Waals surface area (Å²) in [5.74, 6) is -1.86. The molecule has 180 valence electrons. The summed E-state index contributed by atoms with van der Waals surface area (Å²) in [6.45, 7) is -0.296. The van der Waals surface area contributed by atoms with Gasteiger partial charge in [0.1, 0.15) is 12.4 Å². The molecule has 1 N–H and O–H groups in total. The number of methoxy groups -OCH3 is 2. The number of carbonyl (C=O) groups is 3. The molecule has 2 aliphatic rings. The molecule has 4 atom stereocenters. The fourth-order valence-corrected chi connectivity index (χ4v) is 4.86. The van der Waals surface area contributed by atoms with Crippen LogP contribution in [-0.2, 0) is 19.1 Å². The number of urea groups is 1. The van der Waals surface area contributed by atoms with Crippen LogP contribution < -0.4 is 10.2 Å². The van der Waals surface area contributed by atoms with Crippen molar-refractivity contribution in [2.75, 3.05) is 31.0 Å². The molecule has 1 heterocycles. The number of ether oxygens (including phenoxy) is 2. The molecule has 34 heavy (non-hydrogen) atoms. The number of anilines is 2. The molecule has 0 radical (unpaired) electrons. The molecule has 0 spiro atoms. The van der Waals surface area contributed by atoms with Gasteiger partial charge in [-0.3, -0.25) is 9.59 Å². The molecule has 4 rings (SSSR count). The van der Waals surface area contributed by atoms with Crippen molar-refractivity contribution >= 4 is 40.8 Å². The van der Waals surface area contributed by atoms with E-state index in [1.54, 1.807) is 32.4 Å². The highest BCUT2D eigenvalue weighted by Crippen LogP contribution is 2.38. The van der Waals surface area contributed by atoms with Crippen molar-refractivity contribution in [2.45, 2.75) is 31.1 Å². The first-order chi connectivity index (χ1) is 16.3. The zero-order valence-electron chi connectivity index (χ0n) is 18.7. The van der Waals surface area contributed by atoms with Gasteiger partial charge in [-0.15, -0.1) is 0 Å². The monoisotopic (exact) mass is 489 g/mol. The Hall–Kier alpha value is -3.01. The number of nitrogens with zero attached hydrogens (tertiary/aromatic N) is 2. The lowest BCUT2D eigenvalue weighted by atomic mass is 9.78. The molecule has 2 fully saturated rings. The molecule has 0 aromatic heterocycles. The summed E-state index contributed by atoms with van der Waals surface area (Å²) in [5.41, 5.74) is 0.723. The van der Waals surface area contributed by atoms with Gasteiger partial charge in [-0.2, -0.15) is 0 Å². The Balaban J connectivity index is 1.65. The molecule has 4 amide bonds. The predicted molar refractivity (Wildman–Crippen MR) is 124 cm³/mol. The van der Waals surface area contributed by atoms with E-state index in [1.807, 2.05) is 0 Å². The van der Waals surface area contributed by atoms with Gasteiger partial charge in [0.15, 0.2) is 0 Å². The van der Waals surface area contributed by atoms with Gasteiger partial charge in [0.05, 0.1) is 23.8 Å². The van der Waals surface area contributed by atoms with Crippen LogP contribution in [0.5, 0.6) is 0 Å². The number of hydrogen-bond acceptors (Lipinski definition) is 5. The van der Waals surface area contributed by atoms with Crippen molar-refractivity contribution in [3.63, 3.8) is 0 Å². The Bertz CT molecular complexity index is 1080. The van der Waals surface area contributed by atoms with E-state index in [-0.39, 0.29) is 24.7 Å². The molecule has 2 aromatic rings. The first-order valence-electron chi connectivity index (χ1n) is 10.8. The third-order valence-electron chi connectivity index (χ3n) is 6.33. The highest BCUT2D eigenvalue weighted by atomic mass is 35.5. The van der Waals surface area contributed by atoms with Gasteiger partial charge in [0.25, 0.3) is 0 Å². The van der Waals surface area contributed by atoms with E-state index in [0.29, 0.717) is 29.2 Å². The number of carbonyl (C=O) groups excluding carboxylic acids is 3. The largest absolute Gasteiger partial charge is 0.379 e. The normalized spacial score (nSPS) is 24.7. The average Bonchev–Trinajstić information content (AvgIpc) is 2.82. The van der Waals surface area contributed by atoms with Gasteiger partial charge in [-0.25, -0.2) is 14.1 Å². The van der Waals surface area contributed by atoms with Crippen molar-refractivity contribution < 1.29 is 28.2 Å². The quantitative estimate of drug-likeness (QED) is 0.668. The molecular formula is C24H25ClFN3O5. The van der Waals surface area contributed by atoms with E-state index < -0.39 is 29.7 Å².